The Labute approximate surface area is 159 Å². The highest BCUT2D eigenvalue weighted by Crippen LogP contribution is 2.31. The molecule has 6 heteroatoms. The predicted octanol–water partition coefficient (Wildman–Crippen LogP) is 4.99. The summed E-state index contributed by atoms with van der Waals surface area (Å²) in [5.41, 5.74) is 2.81. The van der Waals surface area contributed by atoms with Gasteiger partial charge >= 0.3 is 0 Å². The number of amides is 1. The van der Waals surface area contributed by atoms with Crippen LogP contribution in [0.4, 0.5) is 9.52 Å². The lowest BCUT2D eigenvalue weighted by Gasteiger charge is -2.20. The van der Waals surface area contributed by atoms with Crippen molar-refractivity contribution >= 4 is 32.6 Å². The Hall–Kier alpha value is -3.12. The molecule has 0 N–H and O–H groups in total. The minimum Gasteiger partial charge on any atom is -0.279 e. The molecule has 4 rings (SSSR count). The number of hydrogen-bond donors (Lipinski definition) is 0. The molecule has 0 aliphatic rings. The summed E-state index contributed by atoms with van der Waals surface area (Å²) < 4.78 is 15.2. The monoisotopic (exact) mass is 377 g/mol. The lowest BCUT2D eigenvalue weighted by atomic mass is 10.1. The number of carbonyl (C=O) groups is 1. The number of halogens is 1. The van der Waals surface area contributed by atoms with Crippen molar-refractivity contribution in [3.63, 3.8) is 0 Å². The number of anilines is 1. The predicted molar refractivity (Wildman–Crippen MR) is 106 cm³/mol. The third-order valence-corrected chi connectivity index (χ3v) is 5.22. The zero-order valence-electron chi connectivity index (χ0n) is 14.6. The van der Waals surface area contributed by atoms with Crippen LogP contribution in [-0.4, -0.2) is 15.9 Å². The summed E-state index contributed by atoms with van der Waals surface area (Å²) >= 11 is 1.42. The maximum atomic E-state index is 14.2. The molecule has 2 heterocycles. The maximum Gasteiger partial charge on any atom is 0.263 e. The Bertz CT molecular complexity index is 1110. The van der Waals surface area contributed by atoms with E-state index >= 15 is 0 Å². The second kappa shape index (κ2) is 7.25. The number of hydrogen-bond acceptors (Lipinski definition) is 4. The van der Waals surface area contributed by atoms with Gasteiger partial charge in [-0.3, -0.25) is 14.7 Å². The third kappa shape index (κ3) is 3.57. The van der Waals surface area contributed by atoms with Gasteiger partial charge in [-0.2, -0.15) is 0 Å². The summed E-state index contributed by atoms with van der Waals surface area (Å²) in [5.74, 6) is -0.969. The summed E-state index contributed by atoms with van der Waals surface area (Å²) in [6.45, 7) is 2.27. The van der Waals surface area contributed by atoms with E-state index in [9.17, 15) is 9.18 Å². The number of nitrogens with zero attached hydrogens (tertiary/aromatic N) is 3. The molecule has 2 aromatic heterocycles. The van der Waals surface area contributed by atoms with Crippen molar-refractivity contribution in [3.8, 4) is 0 Å². The van der Waals surface area contributed by atoms with Crippen molar-refractivity contribution < 1.29 is 9.18 Å². The first kappa shape index (κ1) is 17.3. The number of pyridine rings is 1. The smallest absolute Gasteiger partial charge is 0.263 e. The van der Waals surface area contributed by atoms with Crippen molar-refractivity contribution in [2.45, 2.75) is 13.5 Å². The molecule has 4 nitrogen and oxygen atoms in total. The van der Waals surface area contributed by atoms with Crippen LogP contribution in [0.25, 0.3) is 10.2 Å². The first-order valence-corrected chi connectivity index (χ1v) is 9.26. The number of carbonyl (C=O) groups excluding carboxylic acids is 1. The first-order valence-electron chi connectivity index (χ1n) is 8.44. The highest BCUT2D eigenvalue weighted by atomic mass is 32.1. The molecule has 0 saturated carbocycles. The molecule has 0 aliphatic heterocycles. The number of fused-ring (bicyclic) bond motifs is 1. The fraction of sp³-hybridized carbons (Fsp3) is 0.0952. The van der Waals surface area contributed by atoms with Crippen molar-refractivity contribution in [3.05, 3.63) is 89.5 Å². The number of aryl methyl sites for hydroxylation is 1. The van der Waals surface area contributed by atoms with Crippen LogP contribution in [0.1, 0.15) is 21.5 Å². The first-order chi connectivity index (χ1) is 13.1. The van der Waals surface area contributed by atoms with Gasteiger partial charge in [-0.15, -0.1) is 0 Å². The Morgan fingerprint density at radius 1 is 1.15 bits per heavy atom. The Balaban J connectivity index is 1.79. The normalized spacial score (nSPS) is 10.9. The molecule has 4 aromatic rings. The van der Waals surface area contributed by atoms with E-state index in [0.717, 1.165) is 21.3 Å². The van der Waals surface area contributed by atoms with Gasteiger partial charge in [-0.25, -0.2) is 9.37 Å². The Morgan fingerprint density at radius 3 is 2.78 bits per heavy atom. The van der Waals surface area contributed by atoms with Gasteiger partial charge in [0.05, 0.1) is 22.3 Å². The summed E-state index contributed by atoms with van der Waals surface area (Å²) in [5, 5.41) is 0.535. The fourth-order valence-electron chi connectivity index (χ4n) is 2.82. The maximum absolute atomic E-state index is 14.2. The van der Waals surface area contributed by atoms with E-state index in [-0.39, 0.29) is 12.1 Å². The molecule has 0 unspecified atom stereocenters. The molecule has 134 valence electrons. The minimum atomic E-state index is -0.546. The largest absolute Gasteiger partial charge is 0.279 e. The fourth-order valence-corrected chi connectivity index (χ4v) is 3.88. The van der Waals surface area contributed by atoms with Crippen LogP contribution < -0.4 is 4.90 Å². The molecule has 2 aromatic carbocycles. The van der Waals surface area contributed by atoms with Crippen molar-refractivity contribution in [1.29, 1.82) is 0 Å². The zero-order chi connectivity index (χ0) is 18.8. The van der Waals surface area contributed by atoms with Crippen molar-refractivity contribution in [1.82, 2.24) is 9.97 Å². The number of benzene rings is 2. The van der Waals surface area contributed by atoms with Gasteiger partial charge in [0.25, 0.3) is 5.91 Å². The SMILES string of the molecule is Cc1ccc2nc(N(Cc3cccnc3)C(=O)c3ccccc3F)sc2c1. The van der Waals surface area contributed by atoms with Crippen LogP contribution in [0.5, 0.6) is 0 Å². The lowest BCUT2D eigenvalue weighted by Crippen LogP contribution is -2.31. The van der Waals surface area contributed by atoms with Gasteiger partial charge in [0.2, 0.25) is 0 Å². The molecule has 0 spiro atoms. The molecular formula is C21H16FN3OS. The van der Waals surface area contributed by atoms with Crippen LogP contribution in [-0.2, 0) is 6.54 Å². The van der Waals surface area contributed by atoms with Crippen molar-refractivity contribution in [2.24, 2.45) is 0 Å². The van der Waals surface area contributed by atoms with Gasteiger partial charge in [0, 0.05) is 12.4 Å². The summed E-state index contributed by atoms with van der Waals surface area (Å²) in [4.78, 5) is 23.4. The van der Waals surface area contributed by atoms with Gasteiger partial charge in [-0.1, -0.05) is 35.6 Å². The van der Waals surface area contributed by atoms with E-state index in [4.69, 9.17) is 0 Å². The molecule has 27 heavy (non-hydrogen) atoms. The van der Waals surface area contributed by atoms with Gasteiger partial charge in [-0.05, 0) is 48.4 Å². The van der Waals surface area contributed by atoms with E-state index in [1.165, 1.54) is 28.4 Å². The molecule has 0 fully saturated rings. The summed E-state index contributed by atoms with van der Waals surface area (Å²) in [6.07, 6.45) is 3.37. The van der Waals surface area contributed by atoms with E-state index in [1.54, 1.807) is 24.5 Å². The molecule has 0 radical (unpaired) electrons. The van der Waals surface area contributed by atoms with Crippen LogP contribution >= 0.6 is 11.3 Å². The average Bonchev–Trinajstić information content (AvgIpc) is 3.09. The van der Waals surface area contributed by atoms with Gasteiger partial charge in [0.15, 0.2) is 5.13 Å². The van der Waals surface area contributed by atoms with E-state index < -0.39 is 11.7 Å². The van der Waals surface area contributed by atoms with Crippen LogP contribution in [0.2, 0.25) is 0 Å². The second-order valence-corrected chi connectivity index (χ2v) is 7.21. The molecule has 1 amide bonds. The highest BCUT2D eigenvalue weighted by Gasteiger charge is 2.24. The minimum absolute atomic E-state index is 0.0248. The Kier molecular flexibility index (Phi) is 4.64. The number of rotatable bonds is 4. The molecule has 0 bridgehead atoms. The van der Waals surface area contributed by atoms with Gasteiger partial charge < -0.3 is 0 Å². The Morgan fingerprint density at radius 2 is 2.00 bits per heavy atom. The lowest BCUT2D eigenvalue weighted by molar-refractivity contribution is 0.0981. The quantitative estimate of drug-likeness (QED) is 0.504. The molecular weight excluding hydrogens is 361 g/mol. The average molecular weight is 377 g/mol. The van der Waals surface area contributed by atoms with E-state index in [1.807, 2.05) is 37.3 Å². The molecule has 0 saturated heterocycles. The third-order valence-electron chi connectivity index (χ3n) is 4.18. The topological polar surface area (TPSA) is 46.1 Å². The standard InChI is InChI=1S/C21H16FN3OS/c1-14-8-9-18-19(11-14)27-21(24-18)25(13-15-5-4-10-23-12-15)20(26)16-6-2-3-7-17(16)22/h2-12H,13H2,1H3. The second-order valence-electron chi connectivity index (χ2n) is 6.20. The highest BCUT2D eigenvalue weighted by molar-refractivity contribution is 7.22. The van der Waals surface area contributed by atoms with E-state index in [0.29, 0.717) is 5.13 Å². The van der Waals surface area contributed by atoms with Crippen LogP contribution in [0.15, 0.2) is 67.0 Å². The molecule has 0 aliphatic carbocycles. The number of thiazole rings is 1. The van der Waals surface area contributed by atoms with Crippen LogP contribution in [0, 0.1) is 12.7 Å². The zero-order valence-corrected chi connectivity index (χ0v) is 15.4. The summed E-state index contributed by atoms with van der Waals surface area (Å²) in [6, 6.07) is 15.6. The molecule has 0 atom stereocenters. The van der Waals surface area contributed by atoms with Crippen LogP contribution in [0.3, 0.4) is 0 Å². The van der Waals surface area contributed by atoms with E-state index in [2.05, 4.69) is 9.97 Å². The number of aromatic nitrogens is 2. The van der Waals surface area contributed by atoms with Crippen molar-refractivity contribution in [2.75, 3.05) is 4.90 Å². The van der Waals surface area contributed by atoms with Gasteiger partial charge in [0.1, 0.15) is 5.82 Å². The summed E-state index contributed by atoms with van der Waals surface area (Å²) in [7, 11) is 0.